The summed E-state index contributed by atoms with van der Waals surface area (Å²) < 4.78 is 10.5. The number of amides is 1. The Labute approximate surface area is 164 Å². The van der Waals surface area contributed by atoms with Gasteiger partial charge in [-0.1, -0.05) is 11.6 Å². The number of benzene rings is 1. The molecule has 1 aliphatic rings. The molecule has 0 N–H and O–H groups in total. The van der Waals surface area contributed by atoms with Crippen LogP contribution in [0, 0.1) is 6.92 Å². The van der Waals surface area contributed by atoms with Gasteiger partial charge in [0.05, 0.1) is 0 Å². The van der Waals surface area contributed by atoms with E-state index in [2.05, 4.69) is 0 Å². The number of carbonyl (C=O) groups is 3. The van der Waals surface area contributed by atoms with Crippen molar-refractivity contribution in [3.05, 3.63) is 28.8 Å². The summed E-state index contributed by atoms with van der Waals surface area (Å²) >= 11 is 5.88. The van der Waals surface area contributed by atoms with Gasteiger partial charge in [-0.15, -0.1) is 0 Å². The number of Topliss-reactive ketones (excluding diaryl/α,β-unsaturated/α-hetero) is 1. The third-order valence-electron chi connectivity index (χ3n) is 4.56. The fourth-order valence-corrected chi connectivity index (χ4v) is 4.07. The summed E-state index contributed by atoms with van der Waals surface area (Å²) in [6.07, 6.45) is 0.574. The van der Waals surface area contributed by atoms with Crippen LogP contribution in [0.1, 0.15) is 46.1 Å². The van der Waals surface area contributed by atoms with Gasteiger partial charge in [0.1, 0.15) is 11.5 Å². The van der Waals surface area contributed by atoms with E-state index in [1.807, 2.05) is 34.6 Å². The molecule has 0 aromatic heterocycles. The van der Waals surface area contributed by atoms with E-state index in [0.29, 0.717) is 10.8 Å². The van der Waals surface area contributed by atoms with Crippen LogP contribution in [0.15, 0.2) is 18.2 Å². The van der Waals surface area contributed by atoms with E-state index in [4.69, 9.17) is 21.1 Å². The number of piperidine rings is 1. The van der Waals surface area contributed by atoms with Crippen molar-refractivity contribution in [2.45, 2.75) is 58.5 Å². The predicted octanol–water partition coefficient (Wildman–Crippen LogP) is 3.32. The van der Waals surface area contributed by atoms with Gasteiger partial charge in [0.2, 0.25) is 0 Å². The zero-order valence-corrected chi connectivity index (χ0v) is 17.2. The molecule has 1 aromatic rings. The molecule has 27 heavy (non-hydrogen) atoms. The van der Waals surface area contributed by atoms with Crippen molar-refractivity contribution in [2.75, 3.05) is 13.2 Å². The number of aryl methyl sites for hydroxylation is 1. The summed E-state index contributed by atoms with van der Waals surface area (Å²) in [5, 5.41) is 0.582. The Morgan fingerprint density at radius 3 is 2.26 bits per heavy atom. The Bertz CT molecular complexity index is 737. The summed E-state index contributed by atoms with van der Waals surface area (Å²) in [7, 11) is 0. The van der Waals surface area contributed by atoms with Gasteiger partial charge in [0, 0.05) is 28.9 Å². The van der Waals surface area contributed by atoms with Gasteiger partial charge in [0.25, 0.3) is 5.91 Å². The Balaban J connectivity index is 1.92. The maximum absolute atomic E-state index is 12.7. The highest BCUT2D eigenvalue weighted by Gasteiger charge is 2.47. The van der Waals surface area contributed by atoms with Gasteiger partial charge >= 0.3 is 5.97 Å². The molecule has 1 amide bonds. The van der Waals surface area contributed by atoms with Crippen LogP contribution in [0.4, 0.5) is 0 Å². The van der Waals surface area contributed by atoms with E-state index >= 15 is 0 Å². The number of esters is 1. The number of hydrogen-bond donors (Lipinski definition) is 0. The number of ketones is 1. The molecule has 2 rings (SSSR count). The number of carbonyl (C=O) groups excluding carboxylic acids is 3. The van der Waals surface area contributed by atoms with Crippen LogP contribution in [0.3, 0.4) is 0 Å². The highest BCUT2D eigenvalue weighted by atomic mass is 35.5. The smallest absolute Gasteiger partial charge is 0.344 e. The topological polar surface area (TPSA) is 72.9 Å². The number of likely N-dealkylation sites (tertiary alicyclic amines) is 1. The summed E-state index contributed by atoms with van der Waals surface area (Å²) in [6.45, 7) is 8.51. The van der Waals surface area contributed by atoms with Gasteiger partial charge in [-0.2, -0.15) is 0 Å². The van der Waals surface area contributed by atoms with Crippen LogP contribution < -0.4 is 4.74 Å². The molecule has 0 radical (unpaired) electrons. The minimum atomic E-state index is -0.638. The lowest BCUT2D eigenvalue weighted by molar-refractivity contribution is -0.164. The first-order valence-corrected chi connectivity index (χ1v) is 9.20. The molecule has 0 aliphatic carbocycles. The molecule has 0 spiro atoms. The van der Waals surface area contributed by atoms with E-state index in [9.17, 15) is 14.4 Å². The van der Waals surface area contributed by atoms with Crippen molar-refractivity contribution in [3.63, 3.8) is 0 Å². The molecule has 7 heteroatoms. The molecule has 1 heterocycles. The van der Waals surface area contributed by atoms with E-state index < -0.39 is 17.0 Å². The molecule has 148 valence electrons. The van der Waals surface area contributed by atoms with Gasteiger partial charge in [-0.3, -0.25) is 9.59 Å². The SMILES string of the molecule is Cc1cc(Cl)ccc1OCC(=O)OCC(=O)N1C(C)(C)CC(=O)CC1(C)C. The highest BCUT2D eigenvalue weighted by Crippen LogP contribution is 2.36. The van der Waals surface area contributed by atoms with Crippen LogP contribution in [0.2, 0.25) is 5.02 Å². The van der Waals surface area contributed by atoms with Gasteiger partial charge in [-0.25, -0.2) is 4.79 Å². The summed E-state index contributed by atoms with van der Waals surface area (Å²) in [6, 6.07) is 5.07. The second-order valence-electron chi connectivity index (χ2n) is 8.11. The fraction of sp³-hybridized carbons (Fsp3) is 0.550. The van der Waals surface area contributed by atoms with Crippen LogP contribution in [0.5, 0.6) is 5.75 Å². The maximum Gasteiger partial charge on any atom is 0.344 e. The second-order valence-corrected chi connectivity index (χ2v) is 8.54. The molecule has 1 aliphatic heterocycles. The quantitative estimate of drug-likeness (QED) is 0.715. The lowest BCUT2D eigenvalue weighted by Gasteiger charge is -2.51. The molecule has 0 unspecified atom stereocenters. The van der Waals surface area contributed by atoms with Gasteiger partial charge in [0.15, 0.2) is 13.2 Å². The largest absolute Gasteiger partial charge is 0.482 e. The Kier molecular flexibility index (Phi) is 6.20. The Hall–Kier alpha value is -2.08. The second kappa shape index (κ2) is 7.89. The first-order chi connectivity index (χ1) is 12.4. The molecular formula is C20H26ClNO5. The summed E-state index contributed by atoms with van der Waals surface area (Å²) in [5.74, 6) is -0.313. The number of hydrogen-bond acceptors (Lipinski definition) is 5. The normalized spacial score (nSPS) is 18.1. The van der Waals surface area contributed by atoms with Crippen LogP contribution in [0.25, 0.3) is 0 Å². The summed E-state index contributed by atoms with van der Waals surface area (Å²) in [5.41, 5.74) is -0.453. The van der Waals surface area contributed by atoms with E-state index in [1.165, 1.54) is 0 Å². The minimum Gasteiger partial charge on any atom is -0.482 e. The Morgan fingerprint density at radius 1 is 1.11 bits per heavy atom. The monoisotopic (exact) mass is 395 g/mol. The molecule has 1 saturated heterocycles. The lowest BCUT2D eigenvalue weighted by atomic mass is 9.79. The van der Waals surface area contributed by atoms with Crippen LogP contribution in [-0.2, 0) is 19.1 Å². The van der Waals surface area contributed by atoms with Gasteiger partial charge < -0.3 is 14.4 Å². The third-order valence-corrected chi connectivity index (χ3v) is 4.79. The zero-order valence-electron chi connectivity index (χ0n) is 16.4. The molecule has 0 atom stereocenters. The first-order valence-electron chi connectivity index (χ1n) is 8.82. The average Bonchev–Trinajstić information content (AvgIpc) is 2.49. The molecule has 6 nitrogen and oxygen atoms in total. The summed E-state index contributed by atoms with van der Waals surface area (Å²) in [4.78, 5) is 38.2. The van der Waals surface area contributed by atoms with Crippen molar-refractivity contribution in [3.8, 4) is 5.75 Å². The highest BCUT2D eigenvalue weighted by molar-refractivity contribution is 6.30. The van der Waals surface area contributed by atoms with Crippen molar-refractivity contribution < 1.29 is 23.9 Å². The van der Waals surface area contributed by atoms with Gasteiger partial charge in [-0.05, 0) is 58.4 Å². The minimum absolute atomic E-state index is 0.123. The van der Waals surface area contributed by atoms with Crippen LogP contribution in [-0.4, -0.2) is 46.9 Å². The molecule has 1 fully saturated rings. The van der Waals surface area contributed by atoms with E-state index in [0.717, 1.165) is 5.56 Å². The number of ether oxygens (including phenoxy) is 2. The third kappa shape index (κ3) is 5.22. The molecule has 1 aromatic carbocycles. The Morgan fingerprint density at radius 2 is 1.70 bits per heavy atom. The molecular weight excluding hydrogens is 370 g/mol. The molecule has 0 bridgehead atoms. The van der Waals surface area contributed by atoms with E-state index in [1.54, 1.807) is 23.1 Å². The van der Waals surface area contributed by atoms with Crippen LogP contribution >= 0.6 is 11.6 Å². The fourth-order valence-electron chi connectivity index (χ4n) is 3.84. The van der Waals surface area contributed by atoms with Crippen molar-refractivity contribution >= 4 is 29.3 Å². The van der Waals surface area contributed by atoms with Crippen molar-refractivity contribution in [2.24, 2.45) is 0 Å². The lowest BCUT2D eigenvalue weighted by Crippen LogP contribution is -2.63. The number of rotatable bonds is 5. The predicted molar refractivity (Wildman–Crippen MR) is 102 cm³/mol. The first kappa shape index (κ1) is 21.2. The standard InChI is InChI=1S/C20H26ClNO5/c1-13-8-14(21)6-7-16(13)26-12-18(25)27-11-17(24)22-19(2,3)9-15(23)10-20(22,4)5/h6-8H,9-12H2,1-5H3. The van der Waals surface area contributed by atoms with Crippen molar-refractivity contribution in [1.82, 2.24) is 4.90 Å². The average molecular weight is 396 g/mol. The maximum atomic E-state index is 12.7. The number of halogens is 1. The van der Waals surface area contributed by atoms with Crippen molar-refractivity contribution in [1.29, 1.82) is 0 Å². The number of nitrogens with zero attached hydrogens (tertiary/aromatic N) is 1. The molecule has 0 saturated carbocycles. The van der Waals surface area contributed by atoms with E-state index in [-0.39, 0.29) is 37.7 Å². The zero-order chi connectivity index (χ0) is 20.4.